The summed E-state index contributed by atoms with van der Waals surface area (Å²) in [6.07, 6.45) is 5.02. The second-order valence-electron chi connectivity index (χ2n) is 6.16. The van der Waals surface area contributed by atoms with E-state index in [-0.39, 0.29) is 11.7 Å². The number of aliphatic hydroxyl groups excluding tert-OH is 1. The zero-order chi connectivity index (χ0) is 18.0. The van der Waals surface area contributed by atoms with Gasteiger partial charge in [0.15, 0.2) is 0 Å². The van der Waals surface area contributed by atoms with Crippen LogP contribution in [0.4, 0.5) is 0 Å². The van der Waals surface area contributed by atoms with E-state index in [0.717, 1.165) is 16.7 Å². The van der Waals surface area contributed by atoms with Crippen molar-refractivity contribution in [3.8, 4) is 5.75 Å². The highest BCUT2D eigenvalue weighted by Crippen LogP contribution is 2.23. The van der Waals surface area contributed by atoms with Crippen molar-refractivity contribution in [2.24, 2.45) is 12.8 Å². The number of amides is 1. The third kappa shape index (κ3) is 3.66. The number of hydrogen-bond donors (Lipinski definition) is 2. The molecule has 0 unspecified atom stereocenters. The van der Waals surface area contributed by atoms with Gasteiger partial charge in [0, 0.05) is 36.8 Å². The number of ether oxygens (including phenoxy) is 1. The molecule has 0 aliphatic heterocycles. The van der Waals surface area contributed by atoms with Crippen LogP contribution in [0.1, 0.15) is 29.9 Å². The molecule has 2 aromatic heterocycles. The van der Waals surface area contributed by atoms with Gasteiger partial charge in [-0.1, -0.05) is 0 Å². The number of primary amides is 1. The van der Waals surface area contributed by atoms with Crippen molar-refractivity contribution in [2.45, 2.75) is 25.5 Å². The second-order valence-corrected chi connectivity index (χ2v) is 6.16. The maximum Gasteiger partial charge on any atom is 0.268 e. The van der Waals surface area contributed by atoms with Crippen LogP contribution in [-0.2, 0) is 7.05 Å². The number of carbonyl (C=O) groups is 1. The van der Waals surface area contributed by atoms with Gasteiger partial charge in [-0.15, -0.1) is 0 Å². The molecule has 3 rings (SSSR count). The SMILES string of the molecule is C[C@H](O)[C@@H](CCOc1ccc2c(ccn2C)c1)n1cnc(C(N)=O)c1. The Morgan fingerprint density at radius 2 is 2.20 bits per heavy atom. The molecule has 1 aromatic carbocycles. The first-order valence-corrected chi connectivity index (χ1v) is 8.15. The zero-order valence-corrected chi connectivity index (χ0v) is 14.3. The minimum Gasteiger partial charge on any atom is -0.493 e. The van der Waals surface area contributed by atoms with Gasteiger partial charge >= 0.3 is 0 Å². The third-order valence-electron chi connectivity index (χ3n) is 4.33. The molecule has 0 aliphatic rings. The van der Waals surface area contributed by atoms with E-state index in [1.807, 2.05) is 37.5 Å². The second kappa shape index (κ2) is 6.98. The molecule has 3 N–H and O–H groups in total. The van der Waals surface area contributed by atoms with Gasteiger partial charge in [0.25, 0.3) is 5.91 Å². The van der Waals surface area contributed by atoms with Gasteiger partial charge in [0.05, 0.1) is 25.1 Å². The summed E-state index contributed by atoms with van der Waals surface area (Å²) in [4.78, 5) is 15.1. The molecule has 0 saturated heterocycles. The van der Waals surface area contributed by atoms with Crippen LogP contribution in [0.25, 0.3) is 10.9 Å². The summed E-state index contributed by atoms with van der Waals surface area (Å²) in [6, 6.07) is 7.74. The van der Waals surface area contributed by atoms with E-state index >= 15 is 0 Å². The smallest absolute Gasteiger partial charge is 0.268 e. The Hall–Kier alpha value is -2.80. The first kappa shape index (κ1) is 17.0. The third-order valence-corrected chi connectivity index (χ3v) is 4.33. The topological polar surface area (TPSA) is 95.3 Å². The molecule has 0 radical (unpaired) electrons. The monoisotopic (exact) mass is 342 g/mol. The van der Waals surface area contributed by atoms with Gasteiger partial charge in [-0.05, 0) is 31.2 Å². The largest absolute Gasteiger partial charge is 0.493 e. The van der Waals surface area contributed by atoms with Gasteiger partial charge in [-0.3, -0.25) is 4.79 Å². The van der Waals surface area contributed by atoms with E-state index in [2.05, 4.69) is 9.55 Å². The molecule has 0 saturated carbocycles. The molecule has 0 spiro atoms. The summed E-state index contributed by atoms with van der Waals surface area (Å²) >= 11 is 0. The highest BCUT2D eigenvalue weighted by Gasteiger charge is 2.18. The molecule has 2 heterocycles. The lowest BCUT2D eigenvalue weighted by atomic mass is 10.1. The molecule has 1 amide bonds. The van der Waals surface area contributed by atoms with Crippen molar-refractivity contribution in [3.63, 3.8) is 0 Å². The van der Waals surface area contributed by atoms with Crippen molar-refractivity contribution in [1.29, 1.82) is 0 Å². The van der Waals surface area contributed by atoms with Gasteiger partial charge in [-0.2, -0.15) is 0 Å². The number of benzene rings is 1. The lowest BCUT2D eigenvalue weighted by Gasteiger charge is -2.21. The first-order valence-electron chi connectivity index (χ1n) is 8.15. The fraction of sp³-hybridized carbons (Fsp3) is 0.333. The van der Waals surface area contributed by atoms with Crippen LogP contribution in [-0.4, -0.2) is 37.8 Å². The average molecular weight is 342 g/mol. The molecule has 132 valence electrons. The molecule has 0 fully saturated rings. The lowest BCUT2D eigenvalue weighted by molar-refractivity contribution is 0.0993. The van der Waals surface area contributed by atoms with Crippen LogP contribution in [0, 0.1) is 0 Å². The number of aryl methyl sites for hydroxylation is 1. The Labute approximate surface area is 145 Å². The van der Waals surface area contributed by atoms with Gasteiger partial charge in [0.2, 0.25) is 0 Å². The van der Waals surface area contributed by atoms with Crippen LogP contribution >= 0.6 is 0 Å². The fourth-order valence-electron chi connectivity index (χ4n) is 2.93. The number of nitrogens with two attached hydrogens (primary N) is 1. The quantitative estimate of drug-likeness (QED) is 0.685. The van der Waals surface area contributed by atoms with Crippen LogP contribution in [0.15, 0.2) is 43.0 Å². The Balaban J connectivity index is 1.65. The minimum atomic E-state index is -0.616. The molecule has 25 heavy (non-hydrogen) atoms. The highest BCUT2D eigenvalue weighted by atomic mass is 16.5. The zero-order valence-electron chi connectivity index (χ0n) is 14.3. The summed E-state index contributed by atoms with van der Waals surface area (Å²) in [5, 5.41) is 11.1. The number of nitrogens with zero attached hydrogens (tertiary/aromatic N) is 3. The lowest BCUT2D eigenvalue weighted by Crippen LogP contribution is -2.23. The Morgan fingerprint density at radius 1 is 1.40 bits per heavy atom. The molecule has 2 atom stereocenters. The summed E-state index contributed by atoms with van der Waals surface area (Å²) in [5.41, 5.74) is 6.55. The van der Waals surface area contributed by atoms with Crippen LogP contribution < -0.4 is 10.5 Å². The number of rotatable bonds is 7. The van der Waals surface area contributed by atoms with E-state index in [9.17, 15) is 9.90 Å². The predicted molar refractivity (Wildman–Crippen MR) is 94.5 cm³/mol. The van der Waals surface area contributed by atoms with Gasteiger partial charge < -0.3 is 24.7 Å². The van der Waals surface area contributed by atoms with Crippen molar-refractivity contribution in [1.82, 2.24) is 14.1 Å². The maximum atomic E-state index is 11.2. The van der Waals surface area contributed by atoms with Crippen LogP contribution in [0.5, 0.6) is 5.75 Å². The molecular weight excluding hydrogens is 320 g/mol. The maximum absolute atomic E-state index is 11.2. The van der Waals surface area contributed by atoms with Gasteiger partial charge in [0.1, 0.15) is 11.4 Å². The van der Waals surface area contributed by atoms with E-state index < -0.39 is 12.0 Å². The Bertz CT molecular complexity index is 881. The number of fused-ring (bicyclic) bond motifs is 1. The Kier molecular flexibility index (Phi) is 4.76. The number of hydrogen-bond acceptors (Lipinski definition) is 4. The standard InChI is InChI=1S/C18H22N4O3/c1-12(23)16(22-10-15(18(19)24)20-11-22)6-8-25-14-3-4-17-13(9-14)5-7-21(17)2/h3-5,7,9-12,16,23H,6,8H2,1-2H3,(H2,19,24)/t12-,16+/m0/s1. The van der Waals surface area contributed by atoms with E-state index in [1.165, 1.54) is 6.33 Å². The molecule has 0 aliphatic carbocycles. The normalized spacial score (nSPS) is 13.7. The summed E-state index contributed by atoms with van der Waals surface area (Å²) < 4.78 is 9.59. The van der Waals surface area contributed by atoms with Crippen molar-refractivity contribution in [3.05, 3.63) is 48.7 Å². The highest BCUT2D eigenvalue weighted by molar-refractivity contribution is 5.90. The number of imidazole rings is 1. The molecular formula is C18H22N4O3. The first-order chi connectivity index (χ1) is 12.0. The molecule has 7 nitrogen and oxygen atoms in total. The summed E-state index contributed by atoms with van der Waals surface area (Å²) in [6.45, 7) is 2.13. The molecule has 3 aromatic rings. The van der Waals surface area contributed by atoms with Crippen molar-refractivity contribution >= 4 is 16.8 Å². The van der Waals surface area contributed by atoms with Crippen molar-refractivity contribution < 1.29 is 14.6 Å². The summed E-state index contributed by atoms with van der Waals surface area (Å²) in [5.74, 6) is 0.196. The number of aliphatic hydroxyl groups is 1. The van der Waals surface area contributed by atoms with E-state index in [4.69, 9.17) is 10.5 Å². The summed E-state index contributed by atoms with van der Waals surface area (Å²) in [7, 11) is 2.00. The minimum absolute atomic E-state index is 0.182. The van der Waals surface area contributed by atoms with Crippen LogP contribution in [0.3, 0.4) is 0 Å². The number of carbonyl (C=O) groups excluding carboxylic acids is 1. The van der Waals surface area contributed by atoms with E-state index in [0.29, 0.717) is 13.0 Å². The number of aromatic nitrogens is 3. The average Bonchev–Trinajstić information content (AvgIpc) is 3.19. The Morgan fingerprint density at radius 3 is 2.88 bits per heavy atom. The fourth-order valence-corrected chi connectivity index (χ4v) is 2.93. The van der Waals surface area contributed by atoms with Crippen molar-refractivity contribution in [2.75, 3.05) is 6.61 Å². The molecule has 7 heteroatoms. The van der Waals surface area contributed by atoms with Gasteiger partial charge in [-0.25, -0.2) is 4.98 Å². The predicted octanol–water partition coefficient (Wildman–Crippen LogP) is 1.86. The van der Waals surface area contributed by atoms with Crippen LogP contribution in [0.2, 0.25) is 0 Å². The molecule has 0 bridgehead atoms. The van der Waals surface area contributed by atoms with E-state index in [1.54, 1.807) is 17.7 Å².